The normalized spacial score (nSPS) is 34.6. The molecule has 1 saturated heterocycles. The number of rotatable bonds is 3. The fourth-order valence-corrected chi connectivity index (χ4v) is 3.71. The maximum absolute atomic E-state index is 3.99. The van der Waals surface area contributed by atoms with Crippen molar-refractivity contribution in [2.45, 2.75) is 78.9 Å². The summed E-state index contributed by atoms with van der Waals surface area (Å²) in [6, 6.07) is 2.08. The number of hydrogen-bond donors (Lipinski definition) is 1. The van der Waals surface area contributed by atoms with Gasteiger partial charge >= 0.3 is 0 Å². The lowest BCUT2D eigenvalue weighted by atomic mass is 9.72. The Morgan fingerprint density at radius 2 is 1.53 bits per heavy atom. The molecule has 0 aromatic carbocycles. The molecule has 0 aromatic rings. The molecule has 1 aliphatic heterocycles. The van der Waals surface area contributed by atoms with Crippen LogP contribution in [0.5, 0.6) is 0 Å². The van der Waals surface area contributed by atoms with E-state index in [0.29, 0.717) is 17.5 Å². The van der Waals surface area contributed by atoms with Crippen molar-refractivity contribution in [1.29, 1.82) is 0 Å². The van der Waals surface area contributed by atoms with Gasteiger partial charge in [-0.15, -0.1) is 0 Å². The molecule has 2 rings (SSSR count). The van der Waals surface area contributed by atoms with E-state index in [4.69, 9.17) is 0 Å². The second-order valence-electron chi connectivity index (χ2n) is 8.28. The van der Waals surface area contributed by atoms with Crippen molar-refractivity contribution in [1.82, 2.24) is 10.2 Å². The summed E-state index contributed by atoms with van der Waals surface area (Å²) in [6.07, 6.45) is 4.30. The summed E-state index contributed by atoms with van der Waals surface area (Å²) in [4.78, 5) is 2.70. The molecule has 0 aromatic heterocycles. The van der Waals surface area contributed by atoms with Gasteiger partial charge in [0.25, 0.3) is 0 Å². The first kappa shape index (κ1) is 15.3. The maximum Gasteiger partial charge on any atom is 0.0151 e. The molecule has 2 heteroatoms. The molecule has 19 heavy (non-hydrogen) atoms. The van der Waals surface area contributed by atoms with Crippen molar-refractivity contribution in [2.75, 3.05) is 13.1 Å². The van der Waals surface area contributed by atoms with Gasteiger partial charge in [0.2, 0.25) is 0 Å². The molecule has 1 heterocycles. The highest BCUT2D eigenvalue weighted by Gasteiger charge is 2.41. The quantitative estimate of drug-likeness (QED) is 0.841. The highest BCUT2D eigenvalue weighted by molar-refractivity contribution is 4.97. The van der Waals surface area contributed by atoms with E-state index in [1.54, 1.807) is 0 Å². The maximum atomic E-state index is 3.99. The van der Waals surface area contributed by atoms with E-state index in [1.807, 2.05) is 0 Å². The highest BCUT2D eigenvalue weighted by atomic mass is 15.2. The van der Waals surface area contributed by atoms with Crippen LogP contribution in [-0.4, -0.2) is 36.1 Å². The third kappa shape index (κ3) is 3.52. The van der Waals surface area contributed by atoms with Crippen molar-refractivity contribution in [3.05, 3.63) is 0 Å². The summed E-state index contributed by atoms with van der Waals surface area (Å²) >= 11 is 0. The van der Waals surface area contributed by atoms with Crippen LogP contribution in [0.1, 0.15) is 60.8 Å². The Morgan fingerprint density at radius 3 is 1.95 bits per heavy atom. The summed E-state index contributed by atoms with van der Waals surface area (Å²) < 4.78 is 0. The molecule has 112 valence electrons. The van der Waals surface area contributed by atoms with Crippen molar-refractivity contribution in [3.63, 3.8) is 0 Å². The van der Waals surface area contributed by atoms with Gasteiger partial charge in [-0.2, -0.15) is 0 Å². The van der Waals surface area contributed by atoms with Crippen LogP contribution in [0.25, 0.3) is 0 Å². The Labute approximate surface area is 120 Å². The third-order valence-electron chi connectivity index (χ3n) is 5.58. The van der Waals surface area contributed by atoms with Crippen LogP contribution in [0.3, 0.4) is 0 Å². The summed E-state index contributed by atoms with van der Waals surface area (Å²) in [5, 5.41) is 3.99. The number of fused-ring (bicyclic) bond motifs is 2. The molecule has 2 aliphatic rings. The first-order valence-corrected chi connectivity index (χ1v) is 8.29. The monoisotopic (exact) mass is 266 g/mol. The number of piperidine rings is 1. The van der Waals surface area contributed by atoms with Gasteiger partial charge in [-0.05, 0) is 50.9 Å². The van der Waals surface area contributed by atoms with Crippen molar-refractivity contribution >= 4 is 0 Å². The predicted octanol–water partition coefficient (Wildman–Crippen LogP) is 3.52. The van der Waals surface area contributed by atoms with Gasteiger partial charge in [0.05, 0.1) is 0 Å². The van der Waals surface area contributed by atoms with E-state index in [2.05, 4.69) is 51.8 Å². The van der Waals surface area contributed by atoms with Gasteiger partial charge in [0, 0.05) is 31.2 Å². The average molecular weight is 266 g/mol. The number of nitrogens with zero attached hydrogens (tertiary/aromatic N) is 1. The van der Waals surface area contributed by atoms with E-state index in [0.717, 1.165) is 17.9 Å². The van der Waals surface area contributed by atoms with Crippen molar-refractivity contribution in [3.8, 4) is 0 Å². The lowest BCUT2D eigenvalue weighted by molar-refractivity contribution is 0.0194. The molecule has 3 atom stereocenters. The van der Waals surface area contributed by atoms with Crippen LogP contribution in [0.2, 0.25) is 0 Å². The average Bonchev–Trinajstić information content (AvgIpc) is 2.26. The van der Waals surface area contributed by atoms with Crippen LogP contribution in [0, 0.1) is 17.3 Å². The minimum Gasteiger partial charge on any atom is -0.310 e. The fourth-order valence-electron chi connectivity index (χ4n) is 3.71. The Balaban J connectivity index is 2.02. The molecule has 0 spiro atoms. The van der Waals surface area contributed by atoms with Crippen LogP contribution in [-0.2, 0) is 0 Å². The van der Waals surface area contributed by atoms with E-state index in [1.165, 1.54) is 32.4 Å². The summed E-state index contributed by atoms with van der Waals surface area (Å²) in [6.45, 7) is 16.7. The molecule has 0 radical (unpaired) electrons. The first-order chi connectivity index (χ1) is 8.79. The minimum absolute atomic E-state index is 0.365. The van der Waals surface area contributed by atoms with Crippen LogP contribution < -0.4 is 5.32 Å². The fraction of sp³-hybridized carbons (Fsp3) is 1.00. The first-order valence-electron chi connectivity index (χ1n) is 8.29. The molecule has 2 fully saturated rings. The molecule has 2 bridgehead atoms. The van der Waals surface area contributed by atoms with Gasteiger partial charge in [-0.25, -0.2) is 0 Å². The lowest BCUT2D eigenvalue weighted by Crippen LogP contribution is -2.61. The number of hydrogen-bond acceptors (Lipinski definition) is 2. The Bertz CT molecular complexity index is 278. The van der Waals surface area contributed by atoms with Crippen molar-refractivity contribution in [2.24, 2.45) is 17.3 Å². The number of likely N-dealkylation sites (tertiary alicyclic amines) is 1. The zero-order chi connectivity index (χ0) is 14.2. The highest BCUT2D eigenvalue weighted by Crippen LogP contribution is 2.36. The molecule has 2 nitrogen and oxygen atoms in total. The molecule has 1 aliphatic carbocycles. The largest absolute Gasteiger partial charge is 0.310 e. The summed E-state index contributed by atoms with van der Waals surface area (Å²) in [7, 11) is 0. The SMILES string of the molecule is CC(C)N1CC2CCCC(C1)C2NC(C)C(C)(C)C. The number of nitrogens with one attached hydrogen (secondary N) is 1. The summed E-state index contributed by atoms with van der Waals surface area (Å²) in [5.74, 6) is 1.75. The predicted molar refractivity (Wildman–Crippen MR) is 83.4 cm³/mol. The van der Waals surface area contributed by atoms with E-state index in [-0.39, 0.29) is 0 Å². The second kappa shape index (κ2) is 5.73. The Morgan fingerprint density at radius 1 is 1.00 bits per heavy atom. The van der Waals surface area contributed by atoms with Crippen LogP contribution in [0.15, 0.2) is 0 Å². The third-order valence-corrected chi connectivity index (χ3v) is 5.58. The van der Waals surface area contributed by atoms with Gasteiger partial charge in [-0.1, -0.05) is 27.2 Å². The van der Waals surface area contributed by atoms with Gasteiger partial charge < -0.3 is 10.2 Å². The smallest absolute Gasteiger partial charge is 0.0151 e. The van der Waals surface area contributed by atoms with Gasteiger partial charge in [0.15, 0.2) is 0 Å². The second-order valence-corrected chi connectivity index (χ2v) is 8.28. The van der Waals surface area contributed by atoms with Crippen LogP contribution >= 0.6 is 0 Å². The molecule has 1 saturated carbocycles. The van der Waals surface area contributed by atoms with E-state index < -0.39 is 0 Å². The lowest BCUT2D eigenvalue weighted by Gasteiger charge is -2.50. The zero-order valence-corrected chi connectivity index (χ0v) is 13.9. The Hall–Kier alpha value is -0.0800. The molecular formula is C17H34N2. The molecular weight excluding hydrogens is 232 g/mol. The molecule has 3 unspecified atom stereocenters. The van der Waals surface area contributed by atoms with Crippen molar-refractivity contribution < 1.29 is 0 Å². The van der Waals surface area contributed by atoms with Gasteiger partial charge in [-0.3, -0.25) is 0 Å². The zero-order valence-electron chi connectivity index (χ0n) is 13.9. The van der Waals surface area contributed by atoms with E-state index >= 15 is 0 Å². The van der Waals surface area contributed by atoms with Gasteiger partial charge in [0.1, 0.15) is 0 Å². The summed E-state index contributed by atoms with van der Waals surface area (Å²) in [5.41, 5.74) is 0.365. The van der Waals surface area contributed by atoms with Crippen LogP contribution in [0.4, 0.5) is 0 Å². The minimum atomic E-state index is 0.365. The molecule has 0 amide bonds. The standard InChI is InChI=1S/C17H34N2/c1-12(2)19-10-14-8-7-9-15(11-19)16(14)18-13(3)17(4,5)6/h12-16,18H,7-11H2,1-6H3. The molecule has 1 N–H and O–H groups in total. The topological polar surface area (TPSA) is 15.3 Å². The van der Waals surface area contributed by atoms with E-state index in [9.17, 15) is 0 Å². The Kier molecular flexibility index (Phi) is 4.62.